The van der Waals surface area contributed by atoms with Crippen molar-refractivity contribution in [2.75, 3.05) is 5.32 Å². The maximum Gasteiger partial charge on any atom is 0.127 e. The van der Waals surface area contributed by atoms with E-state index in [1.54, 1.807) is 6.20 Å². The Morgan fingerprint density at radius 1 is 1.19 bits per heavy atom. The van der Waals surface area contributed by atoms with Crippen LogP contribution < -0.4 is 5.32 Å². The molecule has 3 nitrogen and oxygen atoms in total. The molecule has 16 heavy (non-hydrogen) atoms. The molecule has 0 fully saturated rings. The van der Waals surface area contributed by atoms with Gasteiger partial charge in [-0.3, -0.25) is 4.98 Å². The van der Waals surface area contributed by atoms with Gasteiger partial charge in [0.05, 0.1) is 11.7 Å². The molecule has 2 rings (SSSR count). The second kappa shape index (κ2) is 5.07. The van der Waals surface area contributed by atoms with Crippen molar-refractivity contribution in [1.82, 2.24) is 9.97 Å². The average Bonchev–Trinajstić information content (AvgIpc) is 2.30. The molecule has 0 radical (unpaired) electrons. The van der Waals surface area contributed by atoms with Crippen LogP contribution in [0, 0.1) is 0 Å². The first-order valence-corrected chi connectivity index (χ1v) is 5.85. The van der Waals surface area contributed by atoms with Crippen molar-refractivity contribution in [2.24, 2.45) is 0 Å². The maximum absolute atomic E-state index is 4.32. The van der Waals surface area contributed by atoms with Crippen LogP contribution in [0.3, 0.4) is 0 Å². The SMILES string of the molecule is CC(Nc1cccc(Br)n1)c1ccccn1. The van der Waals surface area contributed by atoms with Gasteiger partial charge in [0.1, 0.15) is 10.4 Å². The number of hydrogen-bond donors (Lipinski definition) is 1. The summed E-state index contributed by atoms with van der Waals surface area (Å²) in [5.74, 6) is 0.840. The Morgan fingerprint density at radius 3 is 2.75 bits per heavy atom. The molecule has 1 N–H and O–H groups in total. The summed E-state index contributed by atoms with van der Waals surface area (Å²) in [5.41, 5.74) is 1.00. The van der Waals surface area contributed by atoms with Crippen molar-refractivity contribution in [1.29, 1.82) is 0 Å². The van der Waals surface area contributed by atoms with Gasteiger partial charge in [0.15, 0.2) is 0 Å². The van der Waals surface area contributed by atoms with Gasteiger partial charge in [-0.25, -0.2) is 4.98 Å². The van der Waals surface area contributed by atoms with Crippen molar-refractivity contribution < 1.29 is 0 Å². The number of halogens is 1. The number of aromatic nitrogens is 2. The zero-order chi connectivity index (χ0) is 11.4. The van der Waals surface area contributed by atoms with Crippen LogP contribution in [-0.2, 0) is 0 Å². The first kappa shape index (κ1) is 11.1. The highest BCUT2D eigenvalue weighted by Gasteiger charge is 2.06. The fourth-order valence-electron chi connectivity index (χ4n) is 1.42. The average molecular weight is 278 g/mol. The molecule has 1 unspecified atom stereocenters. The van der Waals surface area contributed by atoms with Crippen LogP contribution in [-0.4, -0.2) is 9.97 Å². The molecule has 0 saturated carbocycles. The highest BCUT2D eigenvalue weighted by atomic mass is 79.9. The Balaban J connectivity index is 2.11. The van der Waals surface area contributed by atoms with Crippen molar-refractivity contribution in [3.05, 3.63) is 52.9 Å². The summed E-state index contributed by atoms with van der Waals surface area (Å²) in [6, 6.07) is 11.8. The van der Waals surface area contributed by atoms with Crippen LogP contribution in [0.15, 0.2) is 47.2 Å². The molecule has 2 aromatic rings. The summed E-state index contributed by atoms with van der Waals surface area (Å²) < 4.78 is 0.825. The Kier molecular flexibility index (Phi) is 3.51. The van der Waals surface area contributed by atoms with Crippen molar-refractivity contribution in [3.63, 3.8) is 0 Å². The van der Waals surface area contributed by atoms with Gasteiger partial charge in [-0.15, -0.1) is 0 Å². The molecule has 0 aliphatic carbocycles. The van der Waals surface area contributed by atoms with Crippen molar-refractivity contribution in [3.8, 4) is 0 Å². The van der Waals surface area contributed by atoms with Gasteiger partial charge < -0.3 is 5.32 Å². The standard InChI is InChI=1S/C12H12BrN3/c1-9(10-5-2-3-8-14-10)15-12-7-4-6-11(13)16-12/h2-9H,1H3,(H,15,16). The lowest BCUT2D eigenvalue weighted by atomic mass is 10.2. The number of hydrogen-bond acceptors (Lipinski definition) is 3. The maximum atomic E-state index is 4.32. The van der Waals surface area contributed by atoms with E-state index in [2.05, 4.69) is 38.1 Å². The Bertz CT molecular complexity index is 459. The lowest BCUT2D eigenvalue weighted by molar-refractivity contribution is 0.831. The molecule has 0 amide bonds. The molecular weight excluding hydrogens is 266 g/mol. The first-order chi connectivity index (χ1) is 7.75. The Morgan fingerprint density at radius 2 is 2.06 bits per heavy atom. The number of rotatable bonds is 3. The van der Waals surface area contributed by atoms with Gasteiger partial charge in [0.2, 0.25) is 0 Å². The molecule has 1 atom stereocenters. The topological polar surface area (TPSA) is 37.8 Å². The molecule has 4 heteroatoms. The summed E-state index contributed by atoms with van der Waals surface area (Å²) in [4.78, 5) is 8.61. The summed E-state index contributed by atoms with van der Waals surface area (Å²) in [5, 5.41) is 3.30. The van der Waals surface area contributed by atoms with Crippen LogP contribution in [0.2, 0.25) is 0 Å². The molecule has 0 saturated heterocycles. The van der Waals surface area contributed by atoms with Crippen LogP contribution in [0.25, 0.3) is 0 Å². The third-order valence-electron chi connectivity index (χ3n) is 2.21. The van der Waals surface area contributed by atoms with E-state index < -0.39 is 0 Å². The van der Waals surface area contributed by atoms with Crippen LogP contribution in [0.1, 0.15) is 18.7 Å². The molecule has 0 bridgehead atoms. The van der Waals surface area contributed by atoms with E-state index in [4.69, 9.17) is 0 Å². The molecule has 2 heterocycles. The fraction of sp³-hybridized carbons (Fsp3) is 0.167. The lowest BCUT2D eigenvalue weighted by Gasteiger charge is -2.13. The van der Waals surface area contributed by atoms with E-state index in [0.29, 0.717) is 0 Å². The number of anilines is 1. The minimum atomic E-state index is 0.142. The summed E-state index contributed by atoms with van der Waals surface area (Å²) in [7, 11) is 0. The van der Waals surface area contributed by atoms with Crippen LogP contribution in [0.5, 0.6) is 0 Å². The van der Waals surface area contributed by atoms with E-state index >= 15 is 0 Å². The van der Waals surface area contributed by atoms with E-state index in [1.165, 1.54) is 0 Å². The largest absolute Gasteiger partial charge is 0.362 e. The number of nitrogens with zero attached hydrogens (tertiary/aromatic N) is 2. The zero-order valence-corrected chi connectivity index (χ0v) is 10.5. The van der Waals surface area contributed by atoms with Crippen molar-refractivity contribution in [2.45, 2.75) is 13.0 Å². The molecule has 0 spiro atoms. The van der Waals surface area contributed by atoms with E-state index in [-0.39, 0.29) is 6.04 Å². The summed E-state index contributed by atoms with van der Waals surface area (Å²) in [6.07, 6.45) is 1.79. The number of nitrogens with one attached hydrogen (secondary N) is 1. The van der Waals surface area contributed by atoms with Gasteiger partial charge in [-0.1, -0.05) is 12.1 Å². The van der Waals surface area contributed by atoms with E-state index in [0.717, 1.165) is 16.1 Å². The highest BCUT2D eigenvalue weighted by molar-refractivity contribution is 9.10. The first-order valence-electron chi connectivity index (χ1n) is 5.06. The zero-order valence-electron chi connectivity index (χ0n) is 8.89. The predicted molar refractivity (Wildman–Crippen MR) is 68.2 cm³/mol. The van der Waals surface area contributed by atoms with Gasteiger partial charge in [-0.2, -0.15) is 0 Å². The Labute approximate surface area is 103 Å². The normalized spacial score (nSPS) is 12.1. The van der Waals surface area contributed by atoms with E-state index in [1.807, 2.05) is 36.4 Å². The molecule has 0 aliphatic heterocycles. The predicted octanol–water partition coefficient (Wildman–Crippen LogP) is 3.41. The smallest absolute Gasteiger partial charge is 0.127 e. The van der Waals surface area contributed by atoms with Crippen LogP contribution in [0.4, 0.5) is 5.82 Å². The van der Waals surface area contributed by atoms with Gasteiger partial charge in [0, 0.05) is 6.20 Å². The van der Waals surface area contributed by atoms with E-state index in [9.17, 15) is 0 Å². The second-order valence-electron chi connectivity index (χ2n) is 3.47. The minimum Gasteiger partial charge on any atom is -0.362 e. The van der Waals surface area contributed by atoms with Crippen molar-refractivity contribution >= 4 is 21.7 Å². The summed E-state index contributed by atoms with van der Waals surface area (Å²) in [6.45, 7) is 2.06. The van der Waals surface area contributed by atoms with Gasteiger partial charge >= 0.3 is 0 Å². The lowest BCUT2D eigenvalue weighted by Crippen LogP contribution is -2.09. The molecule has 0 aliphatic rings. The third-order valence-corrected chi connectivity index (χ3v) is 2.65. The fourth-order valence-corrected chi connectivity index (χ4v) is 1.76. The molecule has 2 aromatic heterocycles. The van der Waals surface area contributed by atoms with Gasteiger partial charge in [0.25, 0.3) is 0 Å². The highest BCUT2D eigenvalue weighted by Crippen LogP contribution is 2.17. The second-order valence-corrected chi connectivity index (χ2v) is 4.28. The Hall–Kier alpha value is -1.42. The minimum absolute atomic E-state index is 0.142. The molecule has 0 aromatic carbocycles. The number of pyridine rings is 2. The quantitative estimate of drug-likeness (QED) is 0.874. The molecular formula is C12H12BrN3. The van der Waals surface area contributed by atoms with Gasteiger partial charge in [-0.05, 0) is 47.1 Å². The molecule has 82 valence electrons. The summed E-state index contributed by atoms with van der Waals surface area (Å²) >= 11 is 3.34. The monoisotopic (exact) mass is 277 g/mol. The van der Waals surface area contributed by atoms with Crippen LogP contribution >= 0.6 is 15.9 Å². The third kappa shape index (κ3) is 2.79.